The Bertz CT molecular complexity index is 1120. The van der Waals surface area contributed by atoms with Crippen molar-refractivity contribution in [2.24, 2.45) is 0 Å². The molecule has 2 aliphatic heterocycles. The molecule has 0 radical (unpaired) electrons. The van der Waals surface area contributed by atoms with Gasteiger partial charge in [0.2, 0.25) is 10.2 Å². The van der Waals surface area contributed by atoms with Crippen molar-refractivity contribution in [2.75, 3.05) is 17.3 Å². The predicted octanol–water partition coefficient (Wildman–Crippen LogP) is 1.49. The Labute approximate surface area is 198 Å². The van der Waals surface area contributed by atoms with E-state index in [1.807, 2.05) is 30.3 Å². The smallest absolute Gasteiger partial charge is 0.352 e. The van der Waals surface area contributed by atoms with Crippen LogP contribution in [0.4, 0.5) is 0 Å². The second-order valence-electron chi connectivity index (χ2n) is 6.89. The monoisotopic (exact) mass is 510 g/mol. The van der Waals surface area contributed by atoms with Crippen LogP contribution in [0, 0.1) is 6.92 Å². The number of hydrogen-bond donors (Lipinski definition) is 2. The van der Waals surface area contributed by atoms with Gasteiger partial charge in [0.05, 0.1) is 10.8 Å². The third-order valence-corrected chi connectivity index (χ3v) is 9.56. The number of carbonyl (C=O) groups excluding carboxylic acids is 2. The zero-order chi connectivity index (χ0) is 22.8. The van der Waals surface area contributed by atoms with Crippen molar-refractivity contribution < 1.29 is 23.7 Å². The topological polar surface area (TPSA) is 130 Å². The van der Waals surface area contributed by atoms with E-state index < -0.39 is 40.0 Å². The van der Waals surface area contributed by atoms with Gasteiger partial charge < -0.3 is 10.4 Å². The molecule has 2 unspecified atom stereocenters. The molecule has 9 nitrogen and oxygen atoms in total. The molecule has 0 saturated carbocycles. The quantitative estimate of drug-likeness (QED) is 0.401. The van der Waals surface area contributed by atoms with E-state index in [0.717, 1.165) is 16.2 Å². The Kier molecular flexibility index (Phi) is 6.98. The minimum absolute atomic E-state index is 0.0133. The van der Waals surface area contributed by atoms with E-state index in [1.54, 1.807) is 6.92 Å². The van der Waals surface area contributed by atoms with Gasteiger partial charge in [-0.2, -0.15) is 0 Å². The summed E-state index contributed by atoms with van der Waals surface area (Å²) in [6.45, 7) is 1.72. The minimum atomic E-state index is -1.65. The number of carboxylic acids is 1. The van der Waals surface area contributed by atoms with Crippen LogP contribution in [0.3, 0.4) is 0 Å². The first-order valence-electron chi connectivity index (χ1n) is 9.41. The number of fused-ring (bicyclic) bond motifs is 1. The van der Waals surface area contributed by atoms with E-state index in [9.17, 15) is 23.7 Å². The van der Waals surface area contributed by atoms with E-state index in [-0.39, 0.29) is 15.8 Å². The van der Waals surface area contributed by atoms with E-state index in [4.69, 9.17) is 0 Å². The van der Waals surface area contributed by atoms with Gasteiger partial charge in [-0.15, -0.1) is 33.7 Å². The number of aryl methyl sites for hydroxylation is 1. The van der Waals surface area contributed by atoms with Crippen LogP contribution in [-0.2, 0) is 25.2 Å². The van der Waals surface area contributed by atoms with Gasteiger partial charge in [0.15, 0.2) is 0 Å². The lowest BCUT2D eigenvalue weighted by molar-refractivity contribution is -0.150. The molecule has 1 fully saturated rings. The maximum atomic E-state index is 12.7. The molecule has 1 saturated heterocycles. The fraction of sp³-hybridized carbons (Fsp3) is 0.316. The predicted molar refractivity (Wildman–Crippen MR) is 123 cm³/mol. The Morgan fingerprint density at radius 3 is 2.72 bits per heavy atom. The molecule has 2 aromatic rings. The first kappa shape index (κ1) is 23.0. The van der Waals surface area contributed by atoms with Crippen molar-refractivity contribution in [1.82, 2.24) is 20.4 Å². The molecule has 2 amide bonds. The average Bonchev–Trinajstić information content (AvgIpc) is 3.22. The van der Waals surface area contributed by atoms with Crippen molar-refractivity contribution in [2.45, 2.75) is 27.6 Å². The molecular weight excluding hydrogens is 493 g/mol. The molecule has 13 heteroatoms. The number of nitrogens with one attached hydrogen (secondary N) is 1. The van der Waals surface area contributed by atoms with Crippen molar-refractivity contribution in [3.8, 4) is 0 Å². The minimum Gasteiger partial charge on any atom is -0.477 e. The number of hydrogen-bond acceptors (Lipinski definition) is 9. The van der Waals surface area contributed by atoms with Crippen LogP contribution >= 0.6 is 34.9 Å². The molecule has 1 aromatic carbocycles. The summed E-state index contributed by atoms with van der Waals surface area (Å²) >= 11 is 4.06. The Balaban J connectivity index is 1.40. The molecule has 168 valence electrons. The summed E-state index contributed by atoms with van der Waals surface area (Å²) in [6.07, 6.45) is 0. The van der Waals surface area contributed by atoms with Gasteiger partial charge >= 0.3 is 5.97 Å². The summed E-state index contributed by atoms with van der Waals surface area (Å²) in [6, 6.07) is 8.76. The molecule has 2 aliphatic rings. The van der Waals surface area contributed by atoms with E-state index in [0.29, 0.717) is 22.1 Å². The highest BCUT2D eigenvalue weighted by Gasteiger charge is 2.54. The zero-order valence-electron chi connectivity index (χ0n) is 16.7. The summed E-state index contributed by atoms with van der Waals surface area (Å²) < 4.78 is 12.5. The van der Waals surface area contributed by atoms with Gasteiger partial charge in [-0.05, 0) is 24.6 Å². The maximum absolute atomic E-state index is 12.7. The maximum Gasteiger partial charge on any atom is 0.352 e. The molecule has 32 heavy (non-hydrogen) atoms. The molecule has 2 N–H and O–H groups in total. The number of carboxylic acid groups (broad SMARTS) is 1. The van der Waals surface area contributed by atoms with Crippen LogP contribution in [0.15, 0.2) is 50.8 Å². The highest BCUT2D eigenvalue weighted by Crippen LogP contribution is 2.41. The first-order valence-corrected chi connectivity index (χ1v) is 13.6. The van der Waals surface area contributed by atoms with Crippen molar-refractivity contribution in [3.05, 3.63) is 46.6 Å². The number of benzene rings is 1. The number of aromatic nitrogens is 2. The van der Waals surface area contributed by atoms with Gasteiger partial charge in [-0.25, -0.2) is 4.79 Å². The van der Waals surface area contributed by atoms with E-state index >= 15 is 0 Å². The Morgan fingerprint density at radius 1 is 1.31 bits per heavy atom. The Hall–Kier alpha value is -2.22. The van der Waals surface area contributed by atoms with Crippen molar-refractivity contribution in [1.29, 1.82) is 0 Å². The van der Waals surface area contributed by atoms with Crippen LogP contribution in [0.1, 0.15) is 5.01 Å². The fourth-order valence-corrected chi connectivity index (χ4v) is 7.56. The number of amides is 2. The molecule has 4 rings (SSSR count). The van der Waals surface area contributed by atoms with Gasteiger partial charge in [0.25, 0.3) is 5.91 Å². The normalized spacial score (nSPS) is 21.0. The molecule has 0 aliphatic carbocycles. The average molecular weight is 511 g/mol. The first-order chi connectivity index (χ1) is 15.3. The molecule has 3 heterocycles. The van der Waals surface area contributed by atoms with Gasteiger partial charge in [0, 0.05) is 16.4 Å². The summed E-state index contributed by atoms with van der Waals surface area (Å²) in [5.41, 5.74) is 0.652. The molecule has 1 aromatic heterocycles. The lowest BCUT2D eigenvalue weighted by Crippen LogP contribution is -2.70. The second-order valence-corrected chi connectivity index (χ2v) is 11.9. The summed E-state index contributed by atoms with van der Waals surface area (Å²) in [7, 11) is -1.65. The summed E-state index contributed by atoms with van der Waals surface area (Å²) in [5.74, 6) is -1.64. The highest BCUT2D eigenvalue weighted by atomic mass is 32.2. The third-order valence-electron chi connectivity index (χ3n) is 4.69. The Morgan fingerprint density at radius 2 is 2.06 bits per heavy atom. The lowest BCUT2D eigenvalue weighted by atomic mass is 10.0. The van der Waals surface area contributed by atoms with Crippen LogP contribution in [0.25, 0.3) is 0 Å². The molecular formula is C19H18N4O5S4. The summed E-state index contributed by atoms with van der Waals surface area (Å²) in [5, 5.41) is 20.1. The van der Waals surface area contributed by atoms with Crippen molar-refractivity contribution >= 4 is 63.4 Å². The second kappa shape index (κ2) is 9.73. The number of carbonyl (C=O) groups is 3. The zero-order valence-corrected chi connectivity index (χ0v) is 20.0. The lowest BCUT2D eigenvalue weighted by Gasteiger charge is -2.49. The number of thioether (sulfide) groups is 2. The number of nitrogens with zero attached hydrogens (tertiary/aromatic N) is 3. The number of rotatable bonds is 8. The van der Waals surface area contributed by atoms with Gasteiger partial charge in [0.1, 0.15) is 27.9 Å². The van der Waals surface area contributed by atoms with Crippen LogP contribution in [0.5, 0.6) is 0 Å². The van der Waals surface area contributed by atoms with Gasteiger partial charge in [-0.3, -0.25) is 18.7 Å². The van der Waals surface area contributed by atoms with E-state index in [2.05, 4.69) is 15.5 Å². The van der Waals surface area contributed by atoms with Crippen LogP contribution in [-0.4, -0.2) is 70.9 Å². The van der Waals surface area contributed by atoms with Crippen LogP contribution in [0.2, 0.25) is 0 Å². The van der Waals surface area contributed by atoms with Crippen LogP contribution < -0.4 is 5.32 Å². The number of aliphatic carboxylic acids is 1. The fourth-order valence-electron chi connectivity index (χ4n) is 3.25. The SMILES string of the molecule is Cc1nnc(S(=O)CC(=O)NC2C(=O)N3C(C(=O)O)=C(CSc4ccccc4)CS[C@H]23)s1. The largest absolute Gasteiger partial charge is 0.477 e. The highest BCUT2D eigenvalue weighted by molar-refractivity contribution is 8.01. The summed E-state index contributed by atoms with van der Waals surface area (Å²) in [4.78, 5) is 39.2. The standard InChI is InChI=1S/C19H18N4O5S4/c1-10-21-22-19(31-10)32(28)9-13(24)20-14-16(25)23-15(18(26)27)11(8-30-17(14)23)7-29-12-5-3-2-4-6-12/h2-6,14,17H,7-9H2,1H3,(H,20,24)(H,26,27)/t14?,17-,32?/m1/s1. The molecule has 0 bridgehead atoms. The van der Waals surface area contributed by atoms with E-state index in [1.165, 1.54) is 28.4 Å². The molecule has 3 atom stereocenters. The van der Waals surface area contributed by atoms with Gasteiger partial charge in [-0.1, -0.05) is 29.5 Å². The van der Waals surface area contributed by atoms with Crippen molar-refractivity contribution in [3.63, 3.8) is 0 Å². The third kappa shape index (κ3) is 4.75. The molecule has 0 spiro atoms. The number of β-lactam (4-membered cyclic amide) rings is 1.